The monoisotopic (exact) mass is 243 g/mol. The van der Waals surface area contributed by atoms with E-state index in [1.807, 2.05) is 32.0 Å². The molecule has 1 aromatic heterocycles. The molecule has 0 aliphatic rings. The molecule has 0 saturated heterocycles. The van der Waals surface area contributed by atoms with Crippen LogP contribution in [-0.2, 0) is 0 Å². The van der Waals surface area contributed by atoms with Gasteiger partial charge in [0.15, 0.2) is 5.69 Å². The summed E-state index contributed by atoms with van der Waals surface area (Å²) in [4.78, 5) is 14.5. The number of carboxylic acid groups (broad SMARTS) is 1. The molecule has 0 atom stereocenters. The zero-order valence-corrected chi connectivity index (χ0v) is 10.2. The summed E-state index contributed by atoms with van der Waals surface area (Å²) < 4.78 is 5.68. The van der Waals surface area contributed by atoms with Gasteiger partial charge in [-0.2, -0.15) is 0 Å². The number of aromatic carboxylic acids is 1. The molecular formula is C14H13NO3. The quantitative estimate of drug-likeness (QED) is 0.899. The van der Waals surface area contributed by atoms with Crippen LogP contribution in [0.5, 0.6) is 11.5 Å². The Morgan fingerprint density at radius 1 is 1.22 bits per heavy atom. The van der Waals surface area contributed by atoms with Crippen LogP contribution in [0.4, 0.5) is 0 Å². The maximum absolute atomic E-state index is 10.8. The van der Waals surface area contributed by atoms with E-state index >= 15 is 0 Å². The Bertz CT molecular complexity index is 593. The maximum atomic E-state index is 10.8. The number of aromatic nitrogens is 1. The predicted molar refractivity (Wildman–Crippen MR) is 67.2 cm³/mol. The largest absolute Gasteiger partial charge is 0.477 e. The fraction of sp³-hybridized carbons (Fsp3) is 0.143. The molecule has 0 radical (unpaired) electrons. The lowest BCUT2D eigenvalue weighted by atomic mass is 10.1. The van der Waals surface area contributed by atoms with Gasteiger partial charge in [0, 0.05) is 12.3 Å². The Morgan fingerprint density at radius 3 is 2.72 bits per heavy atom. The number of aryl methyl sites for hydroxylation is 2. The van der Waals surface area contributed by atoms with Gasteiger partial charge < -0.3 is 9.84 Å². The summed E-state index contributed by atoms with van der Waals surface area (Å²) in [5.41, 5.74) is 2.05. The van der Waals surface area contributed by atoms with E-state index in [9.17, 15) is 4.79 Å². The number of nitrogens with zero attached hydrogens (tertiary/aromatic N) is 1. The summed E-state index contributed by atoms with van der Waals surface area (Å²) in [5, 5.41) is 8.86. The van der Waals surface area contributed by atoms with Crippen LogP contribution in [0.1, 0.15) is 21.6 Å². The van der Waals surface area contributed by atoms with Gasteiger partial charge >= 0.3 is 5.97 Å². The van der Waals surface area contributed by atoms with Crippen LogP contribution in [0.3, 0.4) is 0 Å². The number of hydrogen-bond acceptors (Lipinski definition) is 3. The Balaban J connectivity index is 2.31. The topological polar surface area (TPSA) is 59.4 Å². The minimum absolute atomic E-state index is 0.0298. The normalized spacial score (nSPS) is 10.1. The van der Waals surface area contributed by atoms with Crippen LogP contribution in [0.15, 0.2) is 36.5 Å². The summed E-state index contributed by atoms with van der Waals surface area (Å²) >= 11 is 0. The fourth-order valence-corrected chi connectivity index (χ4v) is 1.54. The van der Waals surface area contributed by atoms with E-state index in [0.29, 0.717) is 5.75 Å². The smallest absolute Gasteiger partial charge is 0.354 e. The van der Waals surface area contributed by atoms with Crippen LogP contribution in [-0.4, -0.2) is 16.1 Å². The first kappa shape index (κ1) is 12.1. The number of pyridine rings is 1. The number of rotatable bonds is 3. The summed E-state index contributed by atoms with van der Waals surface area (Å²) in [6.07, 6.45) is 1.42. The molecule has 4 heteroatoms. The van der Waals surface area contributed by atoms with Gasteiger partial charge in [0.25, 0.3) is 0 Å². The van der Waals surface area contributed by atoms with Crippen molar-refractivity contribution in [3.8, 4) is 11.5 Å². The molecule has 92 valence electrons. The molecule has 0 unspecified atom stereocenters. The molecule has 4 nitrogen and oxygen atoms in total. The predicted octanol–water partition coefficient (Wildman–Crippen LogP) is 3.19. The first-order valence-corrected chi connectivity index (χ1v) is 5.51. The molecule has 1 N–H and O–H groups in total. The third-order valence-electron chi connectivity index (χ3n) is 2.52. The van der Waals surface area contributed by atoms with Crippen LogP contribution in [0, 0.1) is 13.8 Å². The average Bonchev–Trinajstić information content (AvgIpc) is 2.34. The first-order valence-electron chi connectivity index (χ1n) is 5.51. The molecule has 2 aromatic rings. The van der Waals surface area contributed by atoms with E-state index in [-0.39, 0.29) is 5.69 Å². The van der Waals surface area contributed by atoms with Crippen molar-refractivity contribution in [2.75, 3.05) is 0 Å². The Kier molecular flexibility index (Phi) is 3.28. The second-order valence-electron chi connectivity index (χ2n) is 4.05. The highest BCUT2D eigenvalue weighted by Gasteiger charge is 2.07. The van der Waals surface area contributed by atoms with Crippen molar-refractivity contribution in [1.82, 2.24) is 4.98 Å². The summed E-state index contributed by atoms with van der Waals surface area (Å²) in [5.74, 6) is 0.120. The minimum atomic E-state index is -1.07. The lowest BCUT2D eigenvalue weighted by Gasteiger charge is -2.09. The van der Waals surface area contributed by atoms with Gasteiger partial charge in [0.1, 0.15) is 11.5 Å². The molecule has 0 amide bonds. The highest BCUT2D eigenvalue weighted by Crippen LogP contribution is 2.25. The summed E-state index contributed by atoms with van der Waals surface area (Å²) in [7, 11) is 0. The number of benzene rings is 1. The van der Waals surface area contributed by atoms with Crippen molar-refractivity contribution in [3.63, 3.8) is 0 Å². The third kappa shape index (κ3) is 2.66. The van der Waals surface area contributed by atoms with E-state index in [1.165, 1.54) is 12.3 Å². The first-order chi connectivity index (χ1) is 8.56. The Labute approximate surface area is 105 Å². The van der Waals surface area contributed by atoms with E-state index in [1.54, 1.807) is 6.07 Å². The molecule has 2 rings (SSSR count). The molecule has 0 aliphatic heterocycles. The van der Waals surface area contributed by atoms with Gasteiger partial charge in [-0.15, -0.1) is 0 Å². The lowest BCUT2D eigenvalue weighted by Crippen LogP contribution is -2.00. The van der Waals surface area contributed by atoms with E-state index < -0.39 is 5.97 Å². The van der Waals surface area contributed by atoms with Gasteiger partial charge in [-0.25, -0.2) is 9.78 Å². The fourth-order valence-electron chi connectivity index (χ4n) is 1.54. The Hall–Kier alpha value is -2.36. The van der Waals surface area contributed by atoms with Crippen LogP contribution in [0.2, 0.25) is 0 Å². The standard InChI is InChI=1S/C14H13NO3/c1-9-3-4-10(2)13(7-9)18-11-5-6-15-12(8-11)14(16)17/h3-8H,1-2H3,(H,16,17). The highest BCUT2D eigenvalue weighted by atomic mass is 16.5. The van der Waals surface area contributed by atoms with Crippen molar-refractivity contribution >= 4 is 5.97 Å². The van der Waals surface area contributed by atoms with Gasteiger partial charge in [0.05, 0.1) is 0 Å². The average molecular weight is 243 g/mol. The molecule has 0 bridgehead atoms. The summed E-state index contributed by atoms with van der Waals surface area (Å²) in [6, 6.07) is 8.91. The molecule has 0 fully saturated rings. The highest BCUT2D eigenvalue weighted by molar-refractivity contribution is 5.85. The molecular weight excluding hydrogens is 230 g/mol. The van der Waals surface area contributed by atoms with Crippen LogP contribution in [0.25, 0.3) is 0 Å². The second-order valence-corrected chi connectivity index (χ2v) is 4.05. The van der Waals surface area contributed by atoms with E-state index in [4.69, 9.17) is 9.84 Å². The molecule has 1 heterocycles. The van der Waals surface area contributed by atoms with Gasteiger partial charge in [-0.05, 0) is 37.1 Å². The van der Waals surface area contributed by atoms with E-state index in [2.05, 4.69) is 4.98 Å². The van der Waals surface area contributed by atoms with Gasteiger partial charge in [0.2, 0.25) is 0 Å². The molecule has 0 aliphatic carbocycles. The third-order valence-corrected chi connectivity index (χ3v) is 2.52. The van der Waals surface area contributed by atoms with Crippen LogP contribution >= 0.6 is 0 Å². The zero-order valence-electron chi connectivity index (χ0n) is 10.2. The van der Waals surface area contributed by atoms with Gasteiger partial charge in [-0.3, -0.25) is 0 Å². The van der Waals surface area contributed by atoms with Crippen molar-refractivity contribution in [1.29, 1.82) is 0 Å². The van der Waals surface area contributed by atoms with Crippen molar-refractivity contribution in [2.24, 2.45) is 0 Å². The second kappa shape index (κ2) is 4.87. The van der Waals surface area contributed by atoms with Gasteiger partial charge in [-0.1, -0.05) is 12.1 Å². The number of carboxylic acids is 1. The Morgan fingerprint density at radius 2 is 2.00 bits per heavy atom. The van der Waals surface area contributed by atoms with Crippen molar-refractivity contribution in [2.45, 2.75) is 13.8 Å². The summed E-state index contributed by atoms with van der Waals surface area (Å²) in [6.45, 7) is 3.91. The number of ether oxygens (including phenoxy) is 1. The van der Waals surface area contributed by atoms with Crippen molar-refractivity contribution in [3.05, 3.63) is 53.3 Å². The number of carbonyl (C=O) groups is 1. The molecule has 1 aromatic carbocycles. The zero-order chi connectivity index (χ0) is 13.1. The molecule has 18 heavy (non-hydrogen) atoms. The lowest BCUT2D eigenvalue weighted by molar-refractivity contribution is 0.0690. The maximum Gasteiger partial charge on any atom is 0.354 e. The van der Waals surface area contributed by atoms with Crippen molar-refractivity contribution < 1.29 is 14.6 Å². The molecule has 0 spiro atoms. The molecule has 0 saturated carbocycles. The minimum Gasteiger partial charge on any atom is -0.477 e. The van der Waals surface area contributed by atoms with E-state index in [0.717, 1.165) is 16.9 Å². The number of hydrogen-bond donors (Lipinski definition) is 1. The van der Waals surface area contributed by atoms with Crippen LogP contribution < -0.4 is 4.74 Å². The SMILES string of the molecule is Cc1ccc(C)c(Oc2ccnc(C(=O)O)c2)c1.